The van der Waals surface area contributed by atoms with Crippen LogP contribution in [0, 0.1) is 0 Å². The summed E-state index contributed by atoms with van der Waals surface area (Å²) in [5.41, 5.74) is 0. The second kappa shape index (κ2) is 10.4. The van der Waals surface area contributed by atoms with E-state index < -0.39 is 0 Å². The standard InChI is InChI=1S/C22H29P/c1-3-5-9-15-20(14-6-4-2)23(21-16-10-7-11-17-21)22-18-12-8-13-19-22/h7-8,10-13,15-19H,3-6,9,14H2,1-2H3. The molecule has 0 fully saturated rings. The van der Waals surface area contributed by atoms with Crippen molar-refractivity contribution in [2.45, 2.75) is 52.4 Å². The monoisotopic (exact) mass is 324 g/mol. The lowest BCUT2D eigenvalue weighted by Gasteiger charge is -2.22. The molecular formula is C22H29P. The minimum Gasteiger partial charge on any atom is -0.0802 e. The number of allylic oxidation sites excluding steroid dienone is 2. The van der Waals surface area contributed by atoms with Gasteiger partial charge in [0.15, 0.2) is 0 Å². The van der Waals surface area contributed by atoms with Gasteiger partial charge in [0, 0.05) is 0 Å². The van der Waals surface area contributed by atoms with Gasteiger partial charge in [0.2, 0.25) is 0 Å². The summed E-state index contributed by atoms with van der Waals surface area (Å²) in [6.45, 7) is 4.56. The molecule has 0 aromatic heterocycles. The maximum atomic E-state index is 2.55. The maximum Gasteiger partial charge on any atom is -0.0154 e. The van der Waals surface area contributed by atoms with Crippen molar-refractivity contribution in [3.8, 4) is 0 Å². The average Bonchev–Trinajstić information content (AvgIpc) is 2.61. The van der Waals surface area contributed by atoms with Crippen molar-refractivity contribution < 1.29 is 0 Å². The molecule has 0 bridgehead atoms. The molecule has 0 saturated carbocycles. The Hall–Kier alpha value is -1.39. The zero-order chi connectivity index (χ0) is 16.3. The van der Waals surface area contributed by atoms with E-state index in [9.17, 15) is 0 Å². The zero-order valence-corrected chi connectivity index (χ0v) is 15.4. The summed E-state index contributed by atoms with van der Waals surface area (Å²) in [5, 5.41) is 4.62. The molecule has 0 nitrogen and oxygen atoms in total. The Bertz CT molecular complexity index is 532. The molecule has 0 N–H and O–H groups in total. The molecule has 0 aliphatic heterocycles. The summed E-state index contributed by atoms with van der Waals surface area (Å²) in [6, 6.07) is 22.2. The van der Waals surface area contributed by atoms with Gasteiger partial charge in [0.1, 0.15) is 0 Å². The summed E-state index contributed by atoms with van der Waals surface area (Å²) in [7, 11) is -0.381. The molecule has 0 amide bonds. The Labute approximate surface area is 143 Å². The Morgan fingerprint density at radius 2 is 1.30 bits per heavy atom. The first kappa shape index (κ1) is 18.0. The van der Waals surface area contributed by atoms with E-state index in [1.165, 1.54) is 49.1 Å². The molecule has 2 rings (SSSR count). The molecular weight excluding hydrogens is 295 g/mol. The van der Waals surface area contributed by atoms with Crippen LogP contribution in [-0.2, 0) is 0 Å². The van der Waals surface area contributed by atoms with Crippen LogP contribution in [0.4, 0.5) is 0 Å². The Morgan fingerprint density at radius 1 is 0.783 bits per heavy atom. The van der Waals surface area contributed by atoms with Crippen molar-refractivity contribution in [3.63, 3.8) is 0 Å². The number of hydrogen-bond donors (Lipinski definition) is 0. The van der Waals surface area contributed by atoms with Gasteiger partial charge in [-0.1, -0.05) is 99.8 Å². The minimum atomic E-state index is -0.381. The molecule has 0 unspecified atom stereocenters. The fourth-order valence-electron chi connectivity index (χ4n) is 2.77. The van der Waals surface area contributed by atoms with E-state index in [0.717, 1.165) is 0 Å². The zero-order valence-electron chi connectivity index (χ0n) is 14.5. The first-order chi connectivity index (χ1) is 11.4. The third-order valence-corrected chi connectivity index (χ3v) is 6.65. The topological polar surface area (TPSA) is 0 Å². The van der Waals surface area contributed by atoms with Crippen molar-refractivity contribution in [1.82, 2.24) is 0 Å². The third kappa shape index (κ3) is 5.63. The fraction of sp³-hybridized carbons (Fsp3) is 0.364. The van der Waals surface area contributed by atoms with Crippen molar-refractivity contribution in [2.24, 2.45) is 0 Å². The normalized spacial score (nSPS) is 11.9. The summed E-state index contributed by atoms with van der Waals surface area (Å²) < 4.78 is 0. The van der Waals surface area contributed by atoms with E-state index in [1.54, 1.807) is 5.31 Å². The molecule has 2 aromatic rings. The van der Waals surface area contributed by atoms with E-state index in [1.807, 2.05) is 0 Å². The number of rotatable bonds is 9. The van der Waals surface area contributed by atoms with E-state index in [2.05, 4.69) is 80.6 Å². The summed E-state index contributed by atoms with van der Waals surface area (Å²) >= 11 is 0. The summed E-state index contributed by atoms with van der Waals surface area (Å²) in [6.07, 6.45) is 10.1. The molecule has 122 valence electrons. The van der Waals surface area contributed by atoms with E-state index in [4.69, 9.17) is 0 Å². The van der Waals surface area contributed by atoms with Crippen LogP contribution < -0.4 is 10.6 Å². The molecule has 1 heteroatoms. The molecule has 0 aliphatic carbocycles. The number of benzene rings is 2. The fourth-order valence-corrected chi connectivity index (χ4v) is 5.37. The maximum absolute atomic E-state index is 2.55. The van der Waals surface area contributed by atoms with Gasteiger partial charge in [0.25, 0.3) is 0 Å². The van der Waals surface area contributed by atoms with Crippen LogP contribution in [0.1, 0.15) is 52.4 Å². The number of hydrogen-bond acceptors (Lipinski definition) is 0. The highest BCUT2D eigenvalue weighted by Gasteiger charge is 2.17. The molecule has 23 heavy (non-hydrogen) atoms. The number of unbranched alkanes of at least 4 members (excludes halogenated alkanes) is 3. The van der Waals surface area contributed by atoms with Crippen molar-refractivity contribution in [2.75, 3.05) is 0 Å². The second-order valence-electron chi connectivity index (χ2n) is 5.95. The molecule has 0 atom stereocenters. The van der Waals surface area contributed by atoms with Gasteiger partial charge in [-0.05, 0) is 43.1 Å². The molecule has 0 saturated heterocycles. The molecule has 0 heterocycles. The first-order valence-electron chi connectivity index (χ1n) is 8.96. The highest BCUT2D eigenvalue weighted by Crippen LogP contribution is 2.45. The Kier molecular flexibility index (Phi) is 8.12. The van der Waals surface area contributed by atoms with Crippen LogP contribution in [0.3, 0.4) is 0 Å². The highest BCUT2D eigenvalue weighted by molar-refractivity contribution is 7.76. The van der Waals surface area contributed by atoms with Crippen LogP contribution in [0.2, 0.25) is 0 Å². The van der Waals surface area contributed by atoms with Gasteiger partial charge in [-0.25, -0.2) is 0 Å². The van der Waals surface area contributed by atoms with Crippen LogP contribution in [0.15, 0.2) is 72.1 Å². The Morgan fingerprint density at radius 3 is 1.78 bits per heavy atom. The van der Waals surface area contributed by atoms with E-state index in [0.29, 0.717) is 0 Å². The average molecular weight is 324 g/mol. The van der Waals surface area contributed by atoms with E-state index in [-0.39, 0.29) is 7.92 Å². The quantitative estimate of drug-likeness (QED) is 0.370. The lowest BCUT2D eigenvalue weighted by atomic mass is 10.2. The molecule has 0 spiro atoms. The predicted molar refractivity (Wildman–Crippen MR) is 106 cm³/mol. The lowest BCUT2D eigenvalue weighted by Crippen LogP contribution is -2.13. The largest absolute Gasteiger partial charge is 0.0802 e. The van der Waals surface area contributed by atoms with Crippen LogP contribution in [0.5, 0.6) is 0 Å². The van der Waals surface area contributed by atoms with Gasteiger partial charge in [-0.3, -0.25) is 0 Å². The SMILES string of the molecule is CCCCC=C(CCCC)P(c1ccccc1)c1ccccc1. The van der Waals surface area contributed by atoms with Gasteiger partial charge in [-0.2, -0.15) is 0 Å². The van der Waals surface area contributed by atoms with Crippen molar-refractivity contribution in [1.29, 1.82) is 0 Å². The van der Waals surface area contributed by atoms with E-state index >= 15 is 0 Å². The summed E-state index contributed by atoms with van der Waals surface area (Å²) in [5.74, 6) is 0. The van der Waals surface area contributed by atoms with Crippen LogP contribution in [0.25, 0.3) is 0 Å². The van der Waals surface area contributed by atoms with Crippen LogP contribution >= 0.6 is 7.92 Å². The summed E-state index contributed by atoms with van der Waals surface area (Å²) in [4.78, 5) is 0. The van der Waals surface area contributed by atoms with Crippen molar-refractivity contribution in [3.05, 3.63) is 72.1 Å². The van der Waals surface area contributed by atoms with Gasteiger partial charge in [0.05, 0.1) is 0 Å². The molecule has 2 aromatic carbocycles. The molecule has 0 aliphatic rings. The van der Waals surface area contributed by atoms with Gasteiger partial charge in [-0.15, -0.1) is 0 Å². The minimum absolute atomic E-state index is 0.381. The predicted octanol–water partition coefficient (Wildman–Crippen LogP) is 6.38. The highest BCUT2D eigenvalue weighted by atomic mass is 31.1. The lowest BCUT2D eigenvalue weighted by molar-refractivity contribution is 0.787. The van der Waals surface area contributed by atoms with Gasteiger partial charge < -0.3 is 0 Å². The smallest absolute Gasteiger partial charge is 0.0154 e. The van der Waals surface area contributed by atoms with Gasteiger partial charge >= 0.3 is 0 Å². The third-order valence-electron chi connectivity index (χ3n) is 4.04. The van der Waals surface area contributed by atoms with Crippen LogP contribution in [-0.4, -0.2) is 0 Å². The van der Waals surface area contributed by atoms with Crippen molar-refractivity contribution >= 4 is 18.5 Å². The second-order valence-corrected chi connectivity index (χ2v) is 8.23. The first-order valence-corrected chi connectivity index (χ1v) is 10.3. The Balaban J connectivity index is 2.38. The molecule has 0 radical (unpaired) electrons.